The molecule has 1 heterocycles. The molecule has 1 saturated heterocycles. The van der Waals surface area contributed by atoms with Gasteiger partial charge >= 0.3 is 0 Å². The third-order valence-corrected chi connectivity index (χ3v) is 4.76. The van der Waals surface area contributed by atoms with Crippen molar-refractivity contribution >= 4 is 5.57 Å². The van der Waals surface area contributed by atoms with Gasteiger partial charge in [-0.2, -0.15) is 0 Å². The topological polar surface area (TPSA) is 29.3 Å². The van der Waals surface area contributed by atoms with Gasteiger partial charge in [-0.3, -0.25) is 0 Å². The van der Waals surface area contributed by atoms with E-state index in [2.05, 4.69) is 4.90 Å². The van der Waals surface area contributed by atoms with Gasteiger partial charge in [0.1, 0.15) is 11.6 Å². The predicted octanol–water partition coefficient (Wildman–Crippen LogP) is 4.21. The van der Waals surface area contributed by atoms with Gasteiger partial charge in [-0.25, -0.2) is 8.78 Å². The SMILES string of the molecule is NCCCN1CCC(=C(c2ccc(F)cc2)c2ccc(F)cc2)CC1. The van der Waals surface area contributed by atoms with Crippen LogP contribution in [0.1, 0.15) is 30.4 Å². The second-order valence-electron chi connectivity index (χ2n) is 6.48. The maximum Gasteiger partial charge on any atom is 0.123 e. The maximum absolute atomic E-state index is 13.3. The second kappa shape index (κ2) is 8.37. The minimum Gasteiger partial charge on any atom is -0.330 e. The Balaban J connectivity index is 1.91. The van der Waals surface area contributed by atoms with E-state index in [-0.39, 0.29) is 11.6 Å². The van der Waals surface area contributed by atoms with Crippen LogP contribution >= 0.6 is 0 Å². The lowest BCUT2D eigenvalue weighted by Crippen LogP contribution is -2.32. The number of nitrogens with two attached hydrogens (primary N) is 1. The summed E-state index contributed by atoms with van der Waals surface area (Å²) in [6.07, 6.45) is 2.95. The minimum atomic E-state index is -0.246. The average Bonchev–Trinajstić information content (AvgIpc) is 2.64. The normalized spacial score (nSPS) is 15.4. The van der Waals surface area contributed by atoms with Crippen LogP contribution < -0.4 is 5.73 Å². The van der Waals surface area contributed by atoms with Crippen LogP contribution in [0, 0.1) is 11.6 Å². The molecule has 0 aromatic heterocycles. The van der Waals surface area contributed by atoms with Gasteiger partial charge in [0, 0.05) is 13.1 Å². The number of nitrogens with zero attached hydrogens (tertiary/aromatic N) is 1. The van der Waals surface area contributed by atoms with E-state index >= 15 is 0 Å². The standard InChI is InChI=1S/C21H24F2N2/c22-19-6-2-16(3-7-19)21(17-4-8-20(23)9-5-17)18-10-14-25(15-11-18)13-1-12-24/h2-9H,1,10-15,24H2. The largest absolute Gasteiger partial charge is 0.330 e. The third kappa shape index (κ3) is 4.53. The maximum atomic E-state index is 13.3. The fraction of sp³-hybridized carbons (Fsp3) is 0.333. The lowest BCUT2D eigenvalue weighted by Gasteiger charge is -2.30. The molecule has 2 aromatic rings. The molecule has 0 spiro atoms. The Bertz CT molecular complexity index is 663. The highest BCUT2D eigenvalue weighted by molar-refractivity contribution is 5.82. The number of rotatable bonds is 5. The first kappa shape index (κ1) is 17.8. The summed E-state index contributed by atoms with van der Waals surface area (Å²) in [5.74, 6) is -0.493. The molecule has 0 saturated carbocycles. The van der Waals surface area contributed by atoms with Crippen molar-refractivity contribution in [2.75, 3.05) is 26.2 Å². The smallest absolute Gasteiger partial charge is 0.123 e. The van der Waals surface area contributed by atoms with Crippen molar-refractivity contribution in [1.29, 1.82) is 0 Å². The number of halogens is 2. The summed E-state index contributed by atoms with van der Waals surface area (Å²) in [6.45, 7) is 3.75. The van der Waals surface area contributed by atoms with Crippen molar-refractivity contribution < 1.29 is 8.78 Å². The molecule has 0 atom stereocenters. The fourth-order valence-electron chi connectivity index (χ4n) is 3.42. The number of hydrogen-bond donors (Lipinski definition) is 1. The van der Waals surface area contributed by atoms with Gasteiger partial charge in [-0.05, 0) is 73.3 Å². The van der Waals surface area contributed by atoms with Crippen LogP contribution in [0.4, 0.5) is 8.78 Å². The molecule has 2 aromatic carbocycles. The van der Waals surface area contributed by atoms with Crippen molar-refractivity contribution in [3.63, 3.8) is 0 Å². The van der Waals surface area contributed by atoms with Crippen molar-refractivity contribution in [3.05, 3.63) is 76.9 Å². The lowest BCUT2D eigenvalue weighted by molar-refractivity contribution is 0.255. The molecule has 0 unspecified atom stereocenters. The van der Waals surface area contributed by atoms with Gasteiger partial charge in [0.25, 0.3) is 0 Å². The van der Waals surface area contributed by atoms with E-state index < -0.39 is 0 Å². The molecular weight excluding hydrogens is 318 g/mol. The predicted molar refractivity (Wildman–Crippen MR) is 98.2 cm³/mol. The zero-order chi connectivity index (χ0) is 17.6. The highest BCUT2D eigenvalue weighted by Crippen LogP contribution is 2.32. The Morgan fingerprint density at radius 3 is 1.76 bits per heavy atom. The molecular formula is C21H24F2N2. The van der Waals surface area contributed by atoms with Gasteiger partial charge < -0.3 is 10.6 Å². The quantitative estimate of drug-likeness (QED) is 0.882. The Morgan fingerprint density at radius 1 is 0.840 bits per heavy atom. The Hall–Kier alpha value is -2.04. The molecule has 2 nitrogen and oxygen atoms in total. The Labute approximate surface area is 148 Å². The van der Waals surface area contributed by atoms with Crippen molar-refractivity contribution in [3.8, 4) is 0 Å². The van der Waals surface area contributed by atoms with E-state index in [0.717, 1.165) is 62.1 Å². The summed E-state index contributed by atoms with van der Waals surface area (Å²) in [5, 5.41) is 0. The number of likely N-dealkylation sites (tertiary alicyclic amines) is 1. The number of benzene rings is 2. The highest BCUT2D eigenvalue weighted by atomic mass is 19.1. The molecule has 0 radical (unpaired) electrons. The van der Waals surface area contributed by atoms with Crippen molar-refractivity contribution in [1.82, 2.24) is 4.90 Å². The molecule has 1 aliphatic rings. The number of piperidine rings is 1. The zero-order valence-corrected chi connectivity index (χ0v) is 14.3. The highest BCUT2D eigenvalue weighted by Gasteiger charge is 2.18. The summed E-state index contributed by atoms with van der Waals surface area (Å²) in [5.41, 5.74) is 10.0. The zero-order valence-electron chi connectivity index (χ0n) is 14.3. The van der Waals surface area contributed by atoms with Gasteiger partial charge in [0.15, 0.2) is 0 Å². The molecule has 132 valence electrons. The van der Waals surface area contributed by atoms with Crippen LogP contribution in [0.15, 0.2) is 54.1 Å². The summed E-state index contributed by atoms with van der Waals surface area (Å²) >= 11 is 0. The van der Waals surface area contributed by atoms with Crippen LogP contribution in [-0.2, 0) is 0 Å². The summed E-state index contributed by atoms with van der Waals surface area (Å²) in [6, 6.07) is 13.2. The van der Waals surface area contributed by atoms with Crippen molar-refractivity contribution in [2.24, 2.45) is 5.73 Å². The monoisotopic (exact) mass is 342 g/mol. The molecule has 3 rings (SSSR count). The molecule has 1 aliphatic heterocycles. The summed E-state index contributed by atoms with van der Waals surface area (Å²) in [7, 11) is 0. The van der Waals surface area contributed by atoms with E-state index in [1.54, 1.807) is 0 Å². The first-order valence-corrected chi connectivity index (χ1v) is 8.83. The molecule has 4 heteroatoms. The number of hydrogen-bond acceptors (Lipinski definition) is 2. The molecule has 25 heavy (non-hydrogen) atoms. The second-order valence-corrected chi connectivity index (χ2v) is 6.48. The van der Waals surface area contributed by atoms with E-state index in [1.165, 1.54) is 29.8 Å². The van der Waals surface area contributed by atoms with E-state index in [4.69, 9.17) is 5.73 Å². The molecule has 1 fully saturated rings. The van der Waals surface area contributed by atoms with Crippen molar-refractivity contribution in [2.45, 2.75) is 19.3 Å². The van der Waals surface area contributed by atoms with Gasteiger partial charge in [0.2, 0.25) is 0 Å². The lowest BCUT2D eigenvalue weighted by atomic mass is 9.88. The van der Waals surface area contributed by atoms with Gasteiger partial charge in [-0.1, -0.05) is 29.8 Å². The van der Waals surface area contributed by atoms with E-state index in [0.29, 0.717) is 0 Å². The van der Waals surface area contributed by atoms with Gasteiger partial charge in [-0.15, -0.1) is 0 Å². The average molecular weight is 342 g/mol. The van der Waals surface area contributed by atoms with Crippen LogP contribution in [0.25, 0.3) is 5.57 Å². The van der Waals surface area contributed by atoms with Gasteiger partial charge in [0.05, 0.1) is 0 Å². The van der Waals surface area contributed by atoms with Crippen LogP contribution in [0.3, 0.4) is 0 Å². The molecule has 0 bridgehead atoms. The minimum absolute atomic E-state index is 0.246. The third-order valence-electron chi connectivity index (χ3n) is 4.76. The van der Waals surface area contributed by atoms with Crippen LogP contribution in [0.2, 0.25) is 0 Å². The molecule has 2 N–H and O–H groups in total. The molecule has 0 amide bonds. The van der Waals surface area contributed by atoms with E-state index in [9.17, 15) is 8.78 Å². The van der Waals surface area contributed by atoms with Crippen LogP contribution in [0.5, 0.6) is 0 Å². The summed E-state index contributed by atoms with van der Waals surface area (Å²) < 4.78 is 26.7. The first-order chi connectivity index (χ1) is 12.2. The van der Waals surface area contributed by atoms with Crippen LogP contribution in [-0.4, -0.2) is 31.1 Å². The fourth-order valence-corrected chi connectivity index (χ4v) is 3.42. The summed E-state index contributed by atoms with van der Waals surface area (Å²) in [4.78, 5) is 2.43. The Kier molecular flexibility index (Phi) is 5.95. The Morgan fingerprint density at radius 2 is 1.32 bits per heavy atom. The van der Waals surface area contributed by atoms with E-state index in [1.807, 2.05) is 24.3 Å². The first-order valence-electron chi connectivity index (χ1n) is 8.83. The molecule has 0 aliphatic carbocycles.